The minimum absolute atomic E-state index is 0.302. The summed E-state index contributed by atoms with van der Waals surface area (Å²) < 4.78 is 21.6. The first-order valence-corrected chi connectivity index (χ1v) is 8.00. The van der Waals surface area contributed by atoms with Crippen LogP contribution in [-0.2, 0) is 11.3 Å². The van der Waals surface area contributed by atoms with Crippen molar-refractivity contribution in [2.24, 2.45) is 0 Å². The Morgan fingerprint density at radius 1 is 1.12 bits per heavy atom. The van der Waals surface area contributed by atoms with E-state index in [9.17, 15) is 4.39 Å². The van der Waals surface area contributed by atoms with Gasteiger partial charge in [-0.1, -0.05) is 0 Å². The monoisotopic (exact) mass is 353 g/mol. The number of hydrogen-bond donors (Lipinski definition) is 1. The Bertz CT molecular complexity index is 1030. The van der Waals surface area contributed by atoms with E-state index >= 15 is 0 Å². The molecule has 3 heterocycles. The molecule has 0 spiro atoms. The van der Waals surface area contributed by atoms with Gasteiger partial charge < -0.3 is 10.1 Å². The van der Waals surface area contributed by atoms with Crippen LogP contribution in [0.2, 0.25) is 0 Å². The molecule has 132 valence electrons. The second-order valence-electron chi connectivity index (χ2n) is 5.63. The van der Waals surface area contributed by atoms with Crippen LogP contribution in [0.1, 0.15) is 0 Å². The third-order valence-electron chi connectivity index (χ3n) is 3.80. The van der Waals surface area contributed by atoms with Crippen molar-refractivity contribution in [2.45, 2.75) is 6.54 Å². The highest BCUT2D eigenvalue weighted by atomic mass is 19.1. The first-order valence-electron chi connectivity index (χ1n) is 8.00. The lowest BCUT2D eigenvalue weighted by molar-refractivity contribution is 0.183. The van der Waals surface area contributed by atoms with Gasteiger partial charge in [-0.15, -0.1) is 15.3 Å². The largest absolute Gasteiger partial charge is 0.383 e. The fourth-order valence-electron chi connectivity index (χ4n) is 2.52. The van der Waals surface area contributed by atoms with Crippen LogP contribution in [0.5, 0.6) is 0 Å². The maximum absolute atomic E-state index is 13.1. The average Bonchev–Trinajstić information content (AvgIpc) is 3.27. The number of hydrogen-bond acceptors (Lipinski definition) is 6. The van der Waals surface area contributed by atoms with Crippen molar-refractivity contribution in [3.63, 3.8) is 0 Å². The summed E-state index contributed by atoms with van der Waals surface area (Å²) in [5, 5.41) is 20.2. The number of fused-ring (bicyclic) bond motifs is 1. The molecule has 0 atom stereocenters. The van der Waals surface area contributed by atoms with Crippen molar-refractivity contribution in [2.75, 3.05) is 19.0 Å². The van der Waals surface area contributed by atoms with Gasteiger partial charge in [0.1, 0.15) is 5.82 Å². The van der Waals surface area contributed by atoms with Crippen LogP contribution in [0.3, 0.4) is 0 Å². The van der Waals surface area contributed by atoms with Gasteiger partial charge in [0, 0.05) is 18.9 Å². The fourth-order valence-corrected chi connectivity index (χ4v) is 2.52. The van der Waals surface area contributed by atoms with Crippen molar-refractivity contribution in [1.29, 1.82) is 0 Å². The molecule has 0 radical (unpaired) electrons. The number of halogens is 1. The number of anilines is 2. The number of aromatic nitrogens is 6. The highest BCUT2D eigenvalue weighted by molar-refractivity contribution is 5.61. The molecule has 0 aliphatic rings. The van der Waals surface area contributed by atoms with Gasteiger partial charge in [-0.05, 0) is 36.4 Å². The van der Waals surface area contributed by atoms with Crippen LogP contribution in [0.15, 0.2) is 48.8 Å². The molecule has 0 aliphatic heterocycles. The molecular weight excluding hydrogens is 337 g/mol. The predicted molar refractivity (Wildman–Crippen MR) is 93.6 cm³/mol. The van der Waals surface area contributed by atoms with Gasteiger partial charge in [-0.3, -0.25) is 4.68 Å². The smallest absolute Gasteiger partial charge is 0.185 e. The summed E-state index contributed by atoms with van der Waals surface area (Å²) in [5.74, 6) is 0.856. The van der Waals surface area contributed by atoms with Crippen molar-refractivity contribution < 1.29 is 9.13 Å². The van der Waals surface area contributed by atoms with Gasteiger partial charge in [0.2, 0.25) is 0 Å². The standard InChI is InChI=1S/C17H16FN7O/c1-26-9-8-24-11-14(10-19-24)20-15-6-7-16-21-22-17(25(16)23-15)12-2-4-13(18)5-3-12/h2-7,10-11H,8-9H2,1H3,(H,20,23). The van der Waals surface area contributed by atoms with Crippen LogP contribution in [0.4, 0.5) is 15.9 Å². The van der Waals surface area contributed by atoms with Crippen molar-refractivity contribution in [3.05, 3.63) is 54.6 Å². The van der Waals surface area contributed by atoms with E-state index in [0.717, 1.165) is 11.3 Å². The molecule has 0 saturated heterocycles. The normalized spacial score (nSPS) is 11.2. The number of rotatable bonds is 6. The van der Waals surface area contributed by atoms with E-state index in [-0.39, 0.29) is 5.82 Å². The topological polar surface area (TPSA) is 82.2 Å². The minimum atomic E-state index is -0.302. The van der Waals surface area contributed by atoms with Crippen LogP contribution >= 0.6 is 0 Å². The second kappa shape index (κ2) is 6.89. The Morgan fingerprint density at radius 2 is 1.96 bits per heavy atom. The molecule has 0 fully saturated rings. The summed E-state index contributed by atoms with van der Waals surface area (Å²) in [4.78, 5) is 0. The van der Waals surface area contributed by atoms with E-state index in [1.54, 1.807) is 34.6 Å². The third-order valence-corrected chi connectivity index (χ3v) is 3.80. The lowest BCUT2D eigenvalue weighted by Crippen LogP contribution is -2.04. The maximum atomic E-state index is 13.1. The second-order valence-corrected chi connectivity index (χ2v) is 5.63. The van der Waals surface area contributed by atoms with Crippen molar-refractivity contribution >= 4 is 17.2 Å². The molecule has 0 saturated carbocycles. The molecule has 0 amide bonds. The molecule has 0 bridgehead atoms. The van der Waals surface area contributed by atoms with Crippen LogP contribution in [0, 0.1) is 5.82 Å². The third kappa shape index (κ3) is 3.24. The average molecular weight is 353 g/mol. The lowest BCUT2D eigenvalue weighted by atomic mass is 10.2. The molecule has 4 rings (SSSR count). The van der Waals surface area contributed by atoms with E-state index in [0.29, 0.717) is 30.4 Å². The highest BCUT2D eigenvalue weighted by Crippen LogP contribution is 2.20. The molecule has 1 aromatic carbocycles. The van der Waals surface area contributed by atoms with E-state index < -0.39 is 0 Å². The van der Waals surface area contributed by atoms with E-state index in [2.05, 4.69) is 25.7 Å². The maximum Gasteiger partial charge on any atom is 0.185 e. The quantitative estimate of drug-likeness (QED) is 0.574. The summed E-state index contributed by atoms with van der Waals surface area (Å²) in [5.41, 5.74) is 2.14. The first-order chi connectivity index (χ1) is 12.7. The van der Waals surface area contributed by atoms with Gasteiger partial charge >= 0.3 is 0 Å². The number of benzene rings is 1. The number of methoxy groups -OCH3 is 1. The van der Waals surface area contributed by atoms with Gasteiger partial charge in [0.05, 0.1) is 25.0 Å². The SMILES string of the molecule is COCCn1cc(Nc2ccc3nnc(-c4ccc(F)cc4)n3n2)cn1. The van der Waals surface area contributed by atoms with Gasteiger partial charge in [0.25, 0.3) is 0 Å². The Kier molecular flexibility index (Phi) is 4.28. The Labute approximate surface area is 148 Å². The van der Waals surface area contributed by atoms with Gasteiger partial charge in [0.15, 0.2) is 17.3 Å². The summed E-state index contributed by atoms with van der Waals surface area (Å²) in [6.45, 7) is 1.26. The van der Waals surface area contributed by atoms with Crippen LogP contribution in [0.25, 0.3) is 17.0 Å². The molecular formula is C17H16FN7O. The minimum Gasteiger partial charge on any atom is -0.383 e. The number of nitrogens with zero attached hydrogens (tertiary/aromatic N) is 6. The molecule has 0 aliphatic carbocycles. The molecule has 0 unspecified atom stereocenters. The van der Waals surface area contributed by atoms with E-state index in [1.165, 1.54) is 12.1 Å². The number of ether oxygens (including phenoxy) is 1. The fraction of sp³-hybridized carbons (Fsp3) is 0.176. The van der Waals surface area contributed by atoms with Crippen molar-refractivity contribution in [1.82, 2.24) is 29.6 Å². The first kappa shape index (κ1) is 16.2. The zero-order chi connectivity index (χ0) is 17.9. The summed E-state index contributed by atoms with van der Waals surface area (Å²) >= 11 is 0. The molecule has 4 aromatic rings. The molecule has 3 aromatic heterocycles. The zero-order valence-corrected chi connectivity index (χ0v) is 14.0. The number of nitrogens with one attached hydrogen (secondary N) is 1. The Balaban J connectivity index is 1.61. The summed E-state index contributed by atoms with van der Waals surface area (Å²) in [6, 6.07) is 9.68. The van der Waals surface area contributed by atoms with Gasteiger partial charge in [-0.2, -0.15) is 9.61 Å². The Morgan fingerprint density at radius 3 is 2.77 bits per heavy atom. The van der Waals surface area contributed by atoms with E-state index in [1.807, 2.05) is 18.3 Å². The summed E-state index contributed by atoms with van der Waals surface area (Å²) in [6.07, 6.45) is 3.59. The molecule has 1 N–H and O–H groups in total. The van der Waals surface area contributed by atoms with Crippen LogP contribution < -0.4 is 5.32 Å². The lowest BCUT2D eigenvalue weighted by Gasteiger charge is -2.04. The molecule has 9 heteroatoms. The van der Waals surface area contributed by atoms with Gasteiger partial charge in [-0.25, -0.2) is 4.39 Å². The predicted octanol–water partition coefficient (Wildman–Crippen LogP) is 2.52. The summed E-state index contributed by atoms with van der Waals surface area (Å²) in [7, 11) is 1.65. The highest BCUT2D eigenvalue weighted by Gasteiger charge is 2.10. The van der Waals surface area contributed by atoms with Crippen molar-refractivity contribution in [3.8, 4) is 11.4 Å². The van der Waals surface area contributed by atoms with E-state index in [4.69, 9.17) is 4.74 Å². The molecule has 8 nitrogen and oxygen atoms in total. The Hall–Kier alpha value is -3.33. The van der Waals surface area contributed by atoms with Crippen LogP contribution in [-0.4, -0.2) is 43.3 Å². The molecule has 26 heavy (non-hydrogen) atoms. The zero-order valence-electron chi connectivity index (χ0n) is 14.0.